The SMILES string of the molecule is O=C1[C@@H]2C(Cc3c[nH]c4ccccc34)NC3(C(=O)Nc4ccc(F)cc43)[C@@H]2C(=O)N1Cc1ccccc1. The van der Waals surface area contributed by atoms with Crippen LogP contribution in [-0.2, 0) is 32.9 Å². The number of imide groups is 1. The minimum atomic E-state index is -1.53. The molecule has 8 heteroatoms. The molecule has 37 heavy (non-hydrogen) atoms. The number of para-hydroxylation sites is 1. The van der Waals surface area contributed by atoms with Crippen molar-refractivity contribution in [3.63, 3.8) is 0 Å². The van der Waals surface area contributed by atoms with Crippen LogP contribution >= 0.6 is 0 Å². The number of anilines is 1. The molecule has 0 aliphatic carbocycles. The average Bonchev–Trinajstić information content (AvgIpc) is 3.61. The molecule has 4 atom stereocenters. The van der Waals surface area contributed by atoms with E-state index >= 15 is 0 Å². The van der Waals surface area contributed by atoms with E-state index in [4.69, 9.17) is 0 Å². The Balaban J connectivity index is 1.35. The third-order valence-corrected chi connectivity index (χ3v) is 8.07. The number of aromatic nitrogens is 1. The predicted octanol–water partition coefficient (Wildman–Crippen LogP) is 3.47. The molecule has 3 N–H and O–H groups in total. The molecule has 184 valence electrons. The van der Waals surface area contributed by atoms with Crippen molar-refractivity contribution >= 4 is 34.3 Å². The summed E-state index contributed by atoms with van der Waals surface area (Å²) in [5.74, 6) is -3.43. The molecule has 2 unspecified atom stereocenters. The highest BCUT2D eigenvalue weighted by Gasteiger charge is 2.70. The van der Waals surface area contributed by atoms with E-state index in [1.54, 1.807) is 0 Å². The Bertz CT molecular complexity index is 1600. The van der Waals surface area contributed by atoms with Gasteiger partial charge in [-0.15, -0.1) is 0 Å². The first-order valence-electron chi connectivity index (χ1n) is 12.3. The van der Waals surface area contributed by atoms with Crippen LogP contribution in [0.5, 0.6) is 0 Å². The van der Waals surface area contributed by atoms with Gasteiger partial charge in [-0.25, -0.2) is 4.39 Å². The summed E-state index contributed by atoms with van der Waals surface area (Å²) in [6.45, 7) is 0.124. The highest BCUT2D eigenvalue weighted by molar-refractivity contribution is 6.15. The number of nitrogens with zero attached hydrogens (tertiary/aromatic N) is 1. The molecule has 1 aromatic heterocycles. The molecule has 7 nitrogen and oxygen atoms in total. The summed E-state index contributed by atoms with van der Waals surface area (Å²) in [5.41, 5.74) is 2.05. The number of hydrogen-bond acceptors (Lipinski definition) is 4. The second-order valence-electron chi connectivity index (χ2n) is 10.0. The highest BCUT2D eigenvalue weighted by Crippen LogP contribution is 2.53. The summed E-state index contributed by atoms with van der Waals surface area (Å²) in [4.78, 5) is 46.0. The van der Waals surface area contributed by atoms with Crippen molar-refractivity contribution in [2.24, 2.45) is 11.8 Å². The summed E-state index contributed by atoms with van der Waals surface area (Å²) < 4.78 is 14.5. The molecule has 0 saturated carbocycles. The molecule has 0 radical (unpaired) electrons. The van der Waals surface area contributed by atoms with Crippen LogP contribution in [0.15, 0.2) is 79.0 Å². The van der Waals surface area contributed by atoms with Crippen LogP contribution in [0.2, 0.25) is 0 Å². The molecule has 3 aliphatic heterocycles. The van der Waals surface area contributed by atoms with Crippen molar-refractivity contribution < 1.29 is 18.8 Å². The van der Waals surface area contributed by atoms with Crippen LogP contribution in [0.25, 0.3) is 10.9 Å². The van der Waals surface area contributed by atoms with Crippen molar-refractivity contribution in [2.45, 2.75) is 24.5 Å². The monoisotopic (exact) mass is 494 g/mol. The Morgan fingerprint density at radius 3 is 2.54 bits per heavy atom. The fourth-order valence-electron chi connectivity index (χ4n) is 6.47. The van der Waals surface area contributed by atoms with Crippen LogP contribution in [0, 0.1) is 17.7 Å². The first-order chi connectivity index (χ1) is 18.0. The zero-order chi connectivity index (χ0) is 25.3. The van der Waals surface area contributed by atoms with Gasteiger partial charge in [-0.05, 0) is 41.8 Å². The smallest absolute Gasteiger partial charge is 0.250 e. The lowest BCUT2D eigenvalue weighted by molar-refractivity contribution is -0.143. The Morgan fingerprint density at radius 2 is 1.70 bits per heavy atom. The number of carbonyl (C=O) groups is 3. The number of rotatable bonds is 4. The van der Waals surface area contributed by atoms with Crippen molar-refractivity contribution in [3.8, 4) is 0 Å². The van der Waals surface area contributed by atoms with Crippen molar-refractivity contribution in [3.05, 3.63) is 102 Å². The molecule has 1 spiro atoms. The minimum Gasteiger partial charge on any atom is -0.361 e. The maximum Gasteiger partial charge on any atom is 0.250 e. The lowest BCUT2D eigenvalue weighted by Crippen LogP contribution is -2.53. The Labute approximate surface area is 211 Å². The summed E-state index contributed by atoms with van der Waals surface area (Å²) in [7, 11) is 0. The maximum absolute atomic E-state index is 14.5. The quantitative estimate of drug-likeness (QED) is 0.379. The second-order valence-corrected chi connectivity index (χ2v) is 10.0. The van der Waals surface area contributed by atoms with E-state index in [1.165, 1.54) is 23.1 Å². The van der Waals surface area contributed by atoms with E-state index in [0.717, 1.165) is 22.0 Å². The number of likely N-dealkylation sites (tertiary alicyclic amines) is 1. The molecule has 0 bridgehead atoms. The topological polar surface area (TPSA) is 94.3 Å². The summed E-state index contributed by atoms with van der Waals surface area (Å²) >= 11 is 0. The molecule has 4 aromatic rings. The van der Waals surface area contributed by atoms with Gasteiger partial charge >= 0.3 is 0 Å². The molecule has 3 aliphatic rings. The van der Waals surface area contributed by atoms with Gasteiger partial charge in [0.15, 0.2) is 0 Å². The fraction of sp³-hybridized carbons (Fsp3) is 0.207. The number of carbonyl (C=O) groups excluding carboxylic acids is 3. The second kappa shape index (κ2) is 7.85. The number of H-pyrrole nitrogens is 1. The van der Waals surface area contributed by atoms with Crippen LogP contribution in [-0.4, -0.2) is 33.6 Å². The number of benzene rings is 3. The summed E-state index contributed by atoms with van der Waals surface area (Å²) in [5, 5.41) is 7.23. The van der Waals surface area contributed by atoms with E-state index in [9.17, 15) is 18.8 Å². The van der Waals surface area contributed by atoms with E-state index in [1.807, 2.05) is 60.8 Å². The Morgan fingerprint density at radius 1 is 0.919 bits per heavy atom. The lowest BCUT2D eigenvalue weighted by Gasteiger charge is -2.29. The lowest BCUT2D eigenvalue weighted by atomic mass is 9.76. The van der Waals surface area contributed by atoms with Crippen molar-refractivity contribution in [1.82, 2.24) is 15.2 Å². The van der Waals surface area contributed by atoms with E-state index < -0.39 is 41.0 Å². The molecule has 3 aromatic carbocycles. The van der Waals surface area contributed by atoms with Gasteiger partial charge in [0.1, 0.15) is 11.4 Å². The summed E-state index contributed by atoms with van der Waals surface area (Å²) in [6.07, 6.45) is 2.32. The Kier molecular flexibility index (Phi) is 4.65. The molecule has 2 fully saturated rings. The third-order valence-electron chi connectivity index (χ3n) is 8.07. The zero-order valence-electron chi connectivity index (χ0n) is 19.7. The highest BCUT2D eigenvalue weighted by atomic mass is 19.1. The van der Waals surface area contributed by atoms with Gasteiger partial charge in [0.05, 0.1) is 18.4 Å². The van der Waals surface area contributed by atoms with Gasteiger partial charge in [-0.2, -0.15) is 0 Å². The number of halogens is 1. The number of amides is 3. The van der Waals surface area contributed by atoms with Crippen molar-refractivity contribution in [1.29, 1.82) is 0 Å². The maximum atomic E-state index is 14.5. The van der Waals surface area contributed by atoms with Gasteiger partial charge in [0, 0.05) is 34.4 Å². The third kappa shape index (κ3) is 3.05. The Hall–Kier alpha value is -4.30. The largest absolute Gasteiger partial charge is 0.361 e. The molecule has 4 heterocycles. The number of hydrogen-bond donors (Lipinski definition) is 3. The van der Waals surface area contributed by atoms with Gasteiger partial charge in [0.2, 0.25) is 17.7 Å². The molecule has 2 saturated heterocycles. The number of fused-ring (bicyclic) bond motifs is 5. The first-order valence-corrected chi connectivity index (χ1v) is 12.3. The molecule has 7 rings (SSSR count). The average molecular weight is 495 g/mol. The number of nitrogens with one attached hydrogen (secondary N) is 3. The van der Waals surface area contributed by atoms with Gasteiger partial charge in [-0.3, -0.25) is 24.6 Å². The van der Waals surface area contributed by atoms with E-state index in [2.05, 4.69) is 15.6 Å². The first kappa shape index (κ1) is 21.9. The minimum absolute atomic E-state index is 0.124. The predicted molar refractivity (Wildman–Crippen MR) is 135 cm³/mol. The zero-order valence-corrected chi connectivity index (χ0v) is 19.7. The molecular formula is C29H23FN4O3. The molecule has 3 amide bonds. The van der Waals surface area contributed by atoms with Crippen LogP contribution in [0.3, 0.4) is 0 Å². The van der Waals surface area contributed by atoms with Crippen LogP contribution < -0.4 is 10.6 Å². The van der Waals surface area contributed by atoms with E-state index in [-0.39, 0.29) is 12.5 Å². The van der Waals surface area contributed by atoms with Gasteiger partial charge in [-0.1, -0.05) is 48.5 Å². The molecular weight excluding hydrogens is 471 g/mol. The summed E-state index contributed by atoms with van der Waals surface area (Å²) in [6, 6.07) is 20.7. The van der Waals surface area contributed by atoms with Crippen LogP contribution in [0.1, 0.15) is 16.7 Å². The van der Waals surface area contributed by atoms with Gasteiger partial charge < -0.3 is 10.3 Å². The van der Waals surface area contributed by atoms with E-state index in [0.29, 0.717) is 17.7 Å². The van der Waals surface area contributed by atoms with Gasteiger partial charge in [0.25, 0.3) is 0 Å². The van der Waals surface area contributed by atoms with Crippen molar-refractivity contribution in [2.75, 3.05) is 5.32 Å². The van der Waals surface area contributed by atoms with Crippen LogP contribution in [0.4, 0.5) is 10.1 Å². The number of aromatic amines is 1. The normalized spacial score (nSPS) is 26.2. The fourth-order valence-corrected chi connectivity index (χ4v) is 6.47. The standard InChI is InChI=1S/C29H23FN4O3/c30-18-10-11-22-20(13-18)29(28(37)32-22)25-24(26(35)34(27(25)36)15-16-6-2-1-3-7-16)23(33-29)12-17-14-31-21-9-5-4-8-19(17)21/h1-11,13-14,23-25,31,33H,12,15H2,(H,32,37)/t23?,24-,25+,29?/m1/s1.